The normalized spacial score (nSPS) is 15.0. The molecule has 2 rings (SSSR count). The van der Waals surface area contributed by atoms with Gasteiger partial charge in [-0.25, -0.2) is 9.97 Å². The molecule has 1 aliphatic carbocycles. The number of aryl methyl sites for hydroxylation is 1. The molecule has 1 amide bonds. The minimum atomic E-state index is -0.577. The lowest BCUT2D eigenvalue weighted by Gasteiger charge is -2.23. The fourth-order valence-electron chi connectivity index (χ4n) is 2.07. The van der Waals surface area contributed by atoms with Crippen molar-refractivity contribution in [1.29, 1.82) is 0 Å². The van der Waals surface area contributed by atoms with Gasteiger partial charge in [0.1, 0.15) is 12.1 Å². The standard InChI is InChI=1S/C13H20N4O/c1-13(2,12(14)18)7-15-11-9-5-3-4-6-10(9)16-8-17-11/h8H,3-7H2,1-2H3,(H2,14,18)(H,15,16,17). The van der Waals surface area contributed by atoms with Crippen LogP contribution in [0.1, 0.15) is 37.9 Å². The van der Waals surface area contributed by atoms with Gasteiger partial charge in [-0.1, -0.05) is 0 Å². The van der Waals surface area contributed by atoms with E-state index in [1.54, 1.807) is 6.33 Å². The van der Waals surface area contributed by atoms with Crippen LogP contribution >= 0.6 is 0 Å². The first-order chi connectivity index (χ1) is 8.50. The molecule has 1 aliphatic rings. The van der Waals surface area contributed by atoms with Gasteiger partial charge in [0, 0.05) is 17.8 Å². The summed E-state index contributed by atoms with van der Waals surface area (Å²) in [4.78, 5) is 19.9. The highest BCUT2D eigenvalue weighted by Crippen LogP contribution is 2.25. The van der Waals surface area contributed by atoms with E-state index < -0.39 is 5.41 Å². The minimum Gasteiger partial charge on any atom is -0.369 e. The number of nitrogens with two attached hydrogens (primary N) is 1. The summed E-state index contributed by atoms with van der Waals surface area (Å²) < 4.78 is 0. The molecule has 1 aromatic rings. The second-order valence-corrected chi connectivity index (χ2v) is 5.46. The first kappa shape index (κ1) is 12.8. The molecule has 0 bridgehead atoms. The number of hydrogen-bond acceptors (Lipinski definition) is 4. The zero-order valence-corrected chi connectivity index (χ0v) is 11.0. The van der Waals surface area contributed by atoms with Crippen molar-refractivity contribution < 1.29 is 4.79 Å². The fraction of sp³-hybridized carbons (Fsp3) is 0.615. The van der Waals surface area contributed by atoms with Crippen LogP contribution in [-0.2, 0) is 17.6 Å². The molecule has 0 atom stereocenters. The maximum atomic E-state index is 11.3. The summed E-state index contributed by atoms with van der Waals surface area (Å²) in [5.41, 5.74) is 7.12. The molecule has 0 aliphatic heterocycles. The summed E-state index contributed by atoms with van der Waals surface area (Å²) in [5, 5.41) is 3.24. The SMILES string of the molecule is CC(C)(CNc1ncnc2c1CCCC2)C(N)=O. The van der Waals surface area contributed by atoms with E-state index in [9.17, 15) is 4.79 Å². The van der Waals surface area contributed by atoms with Crippen LogP contribution in [0.3, 0.4) is 0 Å². The Morgan fingerprint density at radius 1 is 1.39 bits per heavy atom. The van der Waals surface area contributed by atoms with Crippen molar-refractivity contribution in [2.45, 2.75) is 39.5 Å². The topological polar surface area (TPSA) is 80.9 Å². The Morgan fingerprint density at radius 2 is 2.11 bits per heavy atom. The van der Waals surface area contributed by atoms with E-state index in [4.69, 9.17) is 5.73 Å². The monoisotopic (exact) mass is 248 g/mol. The van der Waals surface area contributed by atoms with Crippen LogP contribution in [0.2, 0.25) is 0 Å². The zero-order valence-electron chi connectivity index (χ0n) is 11.0. The molecule has 0 unspecified atom stereocenters. The van der Waals surface area contributed by atoms with E-state index in [0.29, 0.717) is 6.54 Å². The van der Waals surface area contributed by atoms with Crippen LogP contribution in [0.25, 0.3) is 0 Å². The Bertz CT molecular complexity index is 456. The minimum absolute atomic E-state index is 0.307. The number of carbonyl (C=O) groups is 1. The molecule has 0 saturated heterocycles. The number of anilines is 1. The summed E-state index contributed by atoms with van der Waals surface area (Å²) in [5.74, 6) is 0.548. The summed E-state index contributed by atoms with van der Waals surface area (Å²) in [7, 11) is 0. The van der Waals surface area contributed by atoms with Crippen LogP contribution in [-0.4, -0.2) is 22.4 Å². The molecule has 5 heteroatoms. The number of nitrogens with one attached hydrogen (secondary N) is 1. The third kappa shape index (κ3) is 2.60. The van der Waals surface area contributed by atoms with Crippen molar-refractivity contribution in [3.8, 4) is 0 Å². The third-order valence-electron chi connectivity index (χ3n) is 3.49. The van der Waals surface area contributed by atoms with E-state index in [0.717, 1.165) is 24.4 Å². The van der Waals surface area contributed by atoms with Gasteiger partial charge >= 0.3 is 0 Å². The van der Waals surface area contributed by atoms with Crippen molar-refractivity contribution in [1.82, 2.24) is 9.97 Å². The first-order valence-corrected chi connectivity index (χ1v) is 6.37. The largest absolute Gasteiger partial charge is 0.369 e. The Kier molecular flexibility index (Phi) is 3.50. The molecule has 3 N–H and O–H groups in total. The molecule has 0 aromatic carbocycles. The predicted octanol–water partition coefficient (Wildman–Crippen LogP) is 1.28. The van der Waals surface area contributed by atoms with Crippen molar-refractivity contribution in [2.24, 2.45) is 11.1 Å². The average molecular weight is 248 g/mol. The first-order valence-electron chi connectivity index (χ1n) is 6.37. The number of amides is 1. The number of carbonyl (C=O) groups excluding carboxylic acids is 1. The van der Waals surface area contributed by atoms with Crippen LogP contribution in [0.5, 0.6) is 0 Å². The number of rotatable bonds is 4. The van der Waals surface area contributed by atoms with Crippen LogP contribution in [0.4, 0.5) is 5.82 Å². The third-order valence-corrected chi connectivity index (χ3v) is 3.49. The molecule has 0 spiro atoms. The Morgan fingerprint density at radius 3 is 2.83 bits per heavy atom. The van der Waals surface area contributed by atoms with Crippen molar-refractivity contribution in [3.63, 3.8) is 0 Å². The predicted molar refractivity (Wildman–Crippen MR) is 70.1 cm³/mol. The summed E-state index contributed by atoms with van der Waals surface area (Å²) in [6.07, 6.45) is 5.98. The molecule has 18 heavy (non-hydrogen) atoms. The maximum absolute atomic E-state index is 11.3. The second kappa shape index (κ2) is 4.92. The van der Waals surface area contributed by atoms with E-state index >= 15 is 0 Å². The van der Waals surface area contributed by atoms with Gasteiger partial charge in [-0.15, -0.1) is 0 Å². The summed E-state index contributed by atoms with van der Waals surface area (Å²) in [6.45, 7) is 4.15. The molecule has 0 saturated carbocycles. The van der Waals surface area contributed by atoms with Gasteiger partial charge in [0.2, 0.25) is 5.91 Å². The van der Waals surface area contributed by atoms with Crippen LogP contribution in [0, 0.1) is 5.41 Å². The molecular formula is C13H20N4O. The quantitative estimate of drug-likeness (QED) is 0.841. The van der Waals surface area contributed by atoms with Gasteiger partial charge in [0.05, 0.1) is 5.41 Å². The molecule has 5 nitrogen and oxygen atoms in total. The fourth-order valence-corrected chi connectivity index (χ4v) is 2.07. The zero-order chi connectivity index (χ0) is 13.2. The van der Waals surface area contributed by atoms with Gasteiger partial charge in [-0.2, -0.15) is 0 Å². The van der Waals surface area contributed by atoms with Crippen molar-refractivity contribution in [2.75, 3.05) is 11.9 Å². The van der Waals surface area contributed by atoms with E-state index in [-0.39, 0.29) is 5.91 Å². The van der Waals surface area contributed by atoms with E-state index in [1.165, 1.54) is 18.4 Å². The van der Waals surface area contributed by atoms with E-state index in [2.05, 4.69) is 15.3 Å². The van der Waals surface area contributed by atoms with Gasteiger partial charge in [0.25, 0.3) is 0 Å². The van der Waals surface area contributed by atoms with Gasteiger partial charge in [-0.3, -0.25) is 4.79 Å². The summed E-state index contributed by atoms with van der Waals surface area (Å²) >= 11 is 0. The molecule has 98 valence electrons. The molecule has 1 heterocycles. The molecular weight excluding hydrogens is 228 g/mol. The van der Waals surface area contributed by atoms with Crippen LogP contribution in [0.15, 0.2) is 6.33 Å². The molecule has 1 aromatic heterocycles. The Labute approximate surface area is 107 Å². The highest BCUT2D eigenvalue weighted by Gasteiger charge is 2.25. The van der Waals surface area contributed by atoms with Gasteiger partial charge < -0.3 is 11.1 Å². The highest BCUT2D eigenvalue weighted by atomic mass is 16.1. The number of aromatic nitrogens is 2. The van der Waals surface area contributed by atoms with Gasteiger partial charge in [0.15, 0.2) is 0 Å². The lowest BCUT2D eigenvalue weighted by atomic mass is 9.92. The average Bonchev–Trinajstić information content (AvgIpc) is 2.36. The molecule has 0 fully saturated rings. The second-order valence-electron chi connectivity index (χ2n) is 5.46. The van der Waals surface area contributed by atoms with Crippen molar-refractivity contribution in [3.05, 3.63) is 17.6 Å². The number of primary amides is 1. The number of nitrogens with zero attached hydrogens (tertiary/aromatic N) is 2. The maximum Gasteiger partial charge on any atom is 0.224 e. The smallest absolute Gasteiger partial charge is 0.224 e. The van der Waals surface area contributed by atoms with Crippen molar-refractivity contribution >= 4 is 11.7 Å². The number of hydrogen-bond donors (Lipinski definition) is 2. The lowest BCUT2D eigenvalue weighted by Crippen LogP contribution is -2.37. The lowest BCUT2D eigenvalue weighted by molar-refractivity contribution is -0.125. The summed E-state index contributed by atoms with van der Waals surface area (Å²) in [6, 6.07) is 0. The van der Waals surface area contributed by atoms with Gasteiger partial charge in [-0.05, 0) is 39.5 Å². The Balaban J connectivity index is 2.13. The number of fused-ring (bicyclic) bond motifs is 1. The highest BCUT2D eigenvalue weighted by molar-refractivity contribution is 5.80. The molecule has 0 radical (unpaired) electrons. The van der Waals surface area contributed by atoms with Crippen LogP contribution < -0.4 is 11.1 Å². The van der Waals surface area contributed by atoms with E-state index in [1.807, 2.05) is 13.8 Å². The Hall–Kier alpha value is -1.65.